The predicted octanol–water partition coefficient (Wildman–Crippen LogP) is 0.334. The van der Waals surface area contributed by atoms with Gasteiger partial charge in [-0.25, -0.2) is 9.78 Å². The second-order valence-electron chi connectivity index (χ2n) is 5.98. The number of hydrogen-bond acceptors (Lipinski definition) is 5. The highest BCUT2D eigenvalue weighted by molar-refractivity contribution is 6.05. The van der Waals surface area contributed by atoms with Crippen LogP contribution in [0.1, 0.15) is 16.1 Å². The lowest BCUT2D eigenvalue weighted by Gasteiger charge is -2.34. The summed E-state index contributed by atoms with van der Waals surface area (Å²) in [6.45, 7) is 0.569. The molecule has 140 valence electrons. The molecule has 0 spiro atoms. The summed E-state index contributed by atoms with van der Waals surface area (Å²) in [7, 11) is 1.37. The summed E-state index contributed by atoms with van der Waals surface area (Å²) < 4.78 is 44.4. The number of pyridine rings is 1. The van der Waals surface area contributed by atoms with Crippen LogP contribution < -0.4 is 11.2 Å². The third kappa shape index (κ3) is 3.09. The predicted molar refractivity (Wildman–Crippen MR) is 84.0 cm³/mol. The van der Waals surface area contributed by atoms with Crippen LogP contribution >= 0.6 is 0 Å². The minimum Gasteiger partial charge on any atom is -0.365 e. The van der Waals surface area contributed by atoms with E-state index in [1.165, 1.54) is 13.1 Å². The first kappa shape index (κ1) is 18.1. The number of rotatable bonds is 1. The van der Waals surface area contributed by atoms with Crippen LogP contribution in [0.25, 0.3) is 11.0 Å². The van der Waals surface area contributed by atoms with Gasteiger partial charge in [0.1, 0.15) is 5.65 Å². The van der Waals surface area contributed by atoms with Gasteiger partial charge in [0.15, 0.2) is 6.10 Å². The lowest BCUT2D eigenvalue weighted by molar-refractivity contribution is -0.233. The van der Waals surface area contributed by atoms with Gasteiger partial charge in [0.05, 0.1) is 24.1 Å². The number of aryl methyl sites for hydroxylation is 2. The standard InChI is InChI=1S/C15H15F3N4O4/c1-7-5-8(10-11(19-7)21(2)14(25)20-12(10)23)13(24)22-3-4-26-9(6-22)15(16,17)18/h5,9H,3-4,6H2,1-2H3,(H,20,23,25). The third-order valence-corrected chi connectivity index (χ3v) is 4.15. The number of halogens is 3. The number of ether oxygens (including phenoxy) is 1. The Bertz CT molecular complexity index is 995. The Morgan fingerprint density at radius 2 is 2.08 bits per heavy atom. The van der Waals surface area contributed by atoms with Crippen molar-refractivity contribution in [2.45, 2.75) is 19.2 Å². The monoisotopic (exact) mass is 372 g/mol. The maximum atomic E-state index is 12.9. The van der Waals surface area contributed by atoms with Crippen molar-refractivity contribution in [2.75, 3.05) is 19.7 Å². The molecule has 2 aromatic heterocycles. The van der Waals surface area contributed by atoms with Crippen molar-refractivity contribution in [3.8, 4) is 0 Å². The number of aromatic nitrogens is 3. The van der Waals surface area contributed by atoms with Crippen LogP contribution in [0.5, 0.6) is 0 Å². The number of morpholine rings is 1. The van der Waals surface area contributed by atoms with E-state index in [-0.39, 0.29) is 29.7 Å². The van der Waals surface area contributed by atoms with Gasteiger partial charge in [-0.1, -0.05) is 0 Å². The Balaban J connectivity index is 2.11. The zero-order valence-corrected chi connectivity index (χ0v) is 13.9. The van der Waals surface area contributed by atoms with Gasteiger partial charge in [0.25, 0.3) is 11.5 Å². The van der Waals surface area contributed by atoms with Gasteiger partial charge in [-0.2, -0.15) is 13.2 Å². The van der Waals surface area contributed by atoms with Gasteiger partial charge in [-0.05, 0) is 13.0 Å². The van der Waals surface area contributed by atoms with E-state index in [2.05, 4.69) is 14.7 Å². The number of carbonyl (C=O) groups excluding carboxylic acids is 1. The maximum absolute atomic E-state index is 12.9. The van der Waals surface area contributed by atoms with Crippen molar-refractivity contribution in [3.05, 3.63) is 38.2 Å². The molecule has 0 bridgehead atoms. The van der Waals surface area contributed by atoms with Crippen molar-refractivity contribution in [2.24, 2.45) is 7.05 Å². The molecule has 1 aliphatic heterocycles. The molecule has 1 N–H and O–H groups in total. The number of aromatic amines is 1. The summed E-state index contributed by atoms with van der Waals surface area (Å²) in [5.41, 5.74) is -1.29. The lowest BCUT2D eigenvalue weighted by atomic mass is 10.1. The molecule has 26 heavy (non-hydrogen) atoms. The highest BCUT2D eigenvalue weighted by Crippen LogP contribution is 2.27. The van der Waals surface area contributed by atoms with Crippen LogP contribution in [0.2, 0.25) is 0 Å². The zero-order chi connectivity index (χ0) is 19.2. The van der Waals surface area contributed by atoms with E-state index in [0.717, 1.165) is 9.47 Å². The van der Waals surface area contributed by atoms with E-state index >= 15 is 0 Å². The molecule has 8 nitrogen and oxygen atoms in total. The maximum Gasteiger partial charge on any atom is 0.416 e. The van der Waals surface area contributed by atoms with Crippen molar-refractivity contribution in [1.82, 2.24) is 19.4 Å². The first-order chi connectivity index (χ1) is 12.1. The van der Waals surface area contributed by atoms with E-state index in [4.69, 9.17) is 0 Å². The van der Waals surface area contributed by atoms with Crippen molar-refractivity contribution < 1.29 is 22.7 Å². The fourth-order valence-corrected chi connectivity index (χ4v) is 2.83. The van der Waals surface area contributed by atoms with Crippen LogP contribution in [0, 0.1) is 6.92 Å². The molecular formula is C15H15F3N4O4. The molecule has 0 aromatic carbocycles. The summed E-state index contributed by atoms with van der Waals surface area (Å²) in [4.78, 5) is 43.9. The van der Waals surface area contributed by atoms with Gasteiger partial charge in [-0.3, -0.25) is 19.1 Å². The number of nitrogens with one attached hydrogen (secondary N) is 1. The fraction of sp³-hybridized carbons (Fsp3) is 0.467. The van der Waals surface area contributed by atoms with Crippen molar-refractivity contribution >= 4 is 16.9 Å². The van der Waals surface area contributed by atoms with E-state index in [1.807, 2.05) is 0 Å². The van der Waals surface area contributed by atoms with Gasteiger partial charge >= 0.3 is 11.9 Å². The molecule has 0 saturated carbocycles. The van der Waals surface area contributed by atoms with Gasteiger partial charge in [0.2, 0.25) is 0 Å². The summed E-state index contributed by atoms with van der Waals surface area (Å²) in [5.74, 6) is -0.748. The molecule has 1 aliphatic rings. The molecule has 1 atom stereocenters. The molecule has 1 fully saturated rings. The average molecular weight is 372 g/mol. The van der Waals surface area contributed by atoms with E-state index in [1.54, 1.807) is 6.92 Å². The number of hydrogen-bond donors (Lipinski definition) is 1. The summed E-state index contributed by atoms with van der Waals surface area (Å²) in [5, 5.41) is -0.141. The minimum atomic E-state index is -4.60. The Morgan fingerprint density at radius 3 is 2.73 bits per heavy atom. The Hall–Kier alpha value is -2.69. The lowest BCUT2D eigenvalue weighted by Crippen LogP contribution is -2.51. The van der Waals surface area contributed by atoms with Crippen molar-refractivity contribution in [3.63, 3.8) is 0 Å². The van der Waals surface area contributed by atoms with E-state index in [0.29, 0.717) is 5.69 Å². The first-order valence-corrected chi connectivity index (χ1v) is 7.68. The number of H-pyrrole nitrogens is 1. The number of carbonyl (C=O) groups is 1. The van der Waals surface area contributed by atoms with Gasteiger partial charge < -0.3 is 9.64 Å². The quantitative estimate of drug-likeness (QED) is 0.778. The smallest absolute Gasteiger partial charge is 0.365 e. The van der Waals surface area contributed by atoms with Gasteiger partial charge in [-0.15, -0.1) is 0 Å². The molecule has 0 radical (unpaired) electrons. The second-order valence-corrected chi connectivity index (χ2v) is 5.98. The van der Waals surface area contributed by atoms with Crippen molar-refractivity contribution in [1.29, 1.82) is 0 Å². The largest absolute Gasteiger partial charge is 0.416 e. The molecule has 3 rings (SSSR count). The molecule has 1 saturated heterocycles. The van der Waals surface area contributed by atoms with Crippen LogP contribution in [-0.4, -0.2) is 57.3 Å². The van der Waals surface area contributed by atoms with E-state index in [9.17, 15) is 27.6 Å². The number of amides is 1. The first-order valence-electron chi connectivity index (χ1n) is 7.68. The molecule has 0 aliphatic carbocycles. The molecule has 1 unspecified atom stereocenters. The number of fused-ring (bicyclic) bond motifs is 1. The molecule has 11 heteroatoms. The Morgan fingerprint density at radius 1 is 1.38 bits per heavy atom. The molecule has 1 amide bonds. The topological polar surface area (TPSA) is 97.3 Å². The number of nitrogens with zero attached hydrogens (tertiary/aromatic N) is 3. The third-order valence-electron chi connectivity index (χ3n) is 4.15. The molecule has 2 aromatic rings. The normalized spacial score (nSPS) is 18.3. The second kappa shape index (κ2) is 6.24. The highest BCUT2D eigenvalue weighted by Gasteiger charge is 2.44. The average Bonchev–Trinajstić information content (AvgIpc) is 2.57. The van der Waals surface area contributed by atoms with Crippen LogP contribution in [0.4, 0.5) is 13.2 Å². The van der Waals surface area contributed by atoms with Crippen LogP contribution in [0.3, 0.4) is 0 Å². The van der Waals surface area contributed by atoms with Crippen LogP contribution in [-0.2, 0) is 11.8 Å². The summed E-state index contributed by atoms with van der Waals surface area (Å²) >= 11 is 0. The Labute approximate surface area is 144 Å². The van der Waals surface area contributed by atoms with Crippen LogP contribution in [0.15, 0.2) is 15.7 Å². The molecular weight excluding hydrogens is 357 g/mol. The number of alkyl halides is 3. The highest BCUT2D eigenvalue weighted by atomic mass is 19.4. The van der Waals surface area contributed by atoms with Gasteiger partial charge in [0, 0.05) is 19.3 Å². The molecule has 3 heterocycles. The Kier molecular flexibility index (Phi) is 4.34. The summed E-state index contributed by atoms with van der Waals surface area (Å²) in [6.07, 6.45) is -6.69. The minimum absolute atomic E-state index is 0.0114. The fourth-order valence-electron chi connectivity index (χ4n) is 2.83. The summed E-state index contributed by atoms with van der Waals surface area (Å²) in [6, 6.07) is 1.32. The van der Waals surface area contributed by atoms with E-state index < -0.39 is 36.0 Å². The SMILES string of the molecule is Cc1cc(C(=O)N2CCOC(C(F)(F)F)C2)c2c(=O)[nH]c(=O)n(C)c2n1. The zero-order valence-electron chi connectivity index (χ0n) is 13.9.